The van der Waals surface area contributed by atoms with Crippen LogP contribution in [0.15, 0.2) is 29.2 Å². The van der Waals surface area contributed by atoms with Crippen molar-refractivity contribution in [2.75, 3.05) is 13.1 Å². The Kier molecular flexibility index (Phi) is 2.86. The quantitative estimate of drug-likeness (QED) is 0.801. The van der Waals surface area contributed by atoms with E-state index >= 15 is 0 Å². The molecule has 5 heteroatoms. The second kappa shape index (κ2) is 4.15. The molecule has 0 N–H and O–H groups in total. The van der Waals surface area contributed by atoms with E-state index in [4.69, 9.17) is 0 Å². The normalized spacial score (nSPS) is 33.5. The molecule has 2 fully saturated rings. The zero-order chi connectivity index (χ0) is 14.6. The van der Waals surface area contributed by atoms with E-state index in [1.807, 2.05) is 6.92 Å². The molecule has 3 rings (SSSR count). The number of benzene rings is 1. The molecule has 1 saturated heterocycles. The van der Waals surface area contributed by atoms with Crippen LogP contribution in [0.2, 0.25) is 0 Å². The third-order valence-electron chi connectivity index (χ3n) is 5.04. The average molecular weight is 293 g/mol. The SMILES string of the molecule is Cc1ccc(S(=O)(=O)N2CCC3(C)C[C@]3(C=O)C2)cc1. The zero-order valence-corrected chi connectivity index (χ0v) is 12.6. The van der Waals surface area contributed by atoms with Crippen LogP contribution in [0.1, 0.15) is 25.3 Å². The fourth-order valence-corrected chi connectivity index (χ4v) is 4.80. The summed E-state index contributed by atoms with van der Waals surface area (Å²) in [5, 5.41) is 0. The van der Waals surface area contributed by atoms with Crippen LogP contribution < -0.4 is 0 Å². The lowest BCUT2D eigenvalue weighted by Gasteiger charge is -2.33. The minimum absolute atomic E-state index is 0.00798. The molecular weight excluding hydrogens is 274 g/mol. The highest BCUT2D eigenvalue weighted by Crippen LogP contribution is 2.66. The highest BCUT2D eigenvalue weighted by atomic mass is 32.2. The minimum Gasteiger partial charge on any atom is -0.303 e. The van der Waals surface area contributed by atoms with E-state index in [1.54, 1.807) is 24.3 Å². The largest absolute Gasteiger partial charge is 0.303 e. The van der Waals surface area contributed by atoms with Gasteiger partial charge in [0.25, 0.3) is 0 Å². The van der Waals surface area contributed by atoms with E-state index in [2.05, 4.69) is 6.92 Å². The van der Waals surface area contributed by atoms with E-state index in [0.29, 0.717) is 18.0 Å². The van der Waals surface area contributed by atoms with E-state index in [0.717, 1.165) is 24.7 Å². The highest BCUT2D eigenvalue weighted by molar-refractivity contribution is 7.89. The summed E-state index contributed by atoms with van der Waals surface area (Å²) in [6.07, 6.45) is 2.53. The number of hydrogen-bond acceptors (Lipinski definition) is 3. The van der Waals surface area contributed by atoms with E-state index in [-0.39, 0.29) is 5.41 Å². The van der Waals surface area contributed by atoms with Crippen molar-refractivity contribution in [3.05, 3.63) is 29.8 Å². The molecule has 1 heterocycles. The molecule has 1 unspecified atom stereocenters. The average Bonchev–Trinajstić information content (AvgIpc) is 3.05. The first-order valence-corrected chi connectivity index (χ1v) is 8.30. The molecule has 1 aliphatic heterocycles. The van der Waals surface area contributed by atoms with Crippen LogP contribution in [0.4, 0.5) is 0 Å². The predicted molar refractivity (Wildman–Crippen MR) is 75.8 cm³/mol. The van der Waals surface area contributed by atoms with Gasteiger partial charge in [0.2, 0.25) is 10.0 Å². The summed E-state index contributed by atoms with van der Waals surface area (Å²) < 4.78 is 26.7. The number of aldehydes is 1. The predicted octanol–water partition coefficient (Wildman–Crippen LogP) is 1.98. The zero-order valence-electron chi connectivity index (χ0n) is 11.8. The van der Waals surface area contributed by atoms with Crippen LogP contribution in [-0.4, -0.2) is 32.1 Å². The second-order valence-electron chi connectivity index (χ2n) is 6.41. The van der Waals surface area contributed by atoms with E-state index in [1.165, 1.54) is 4.31 Å². The Bertz CT molecular complexity index is 652. The van der Waals surface area contributed by atoms with Crippen molar-refractivity contribution >= 4 is 16.3 Å². The van der Waals surface area contributed by atoms with Gasteiger partial charge < -0.3 is 4.79 Å². The van der Waals surface area contributed by atoms with E-state index < -0.39 is 15.4 Å². The van der Waals surface area contributed by atoms with Crippen molar-refractivity contribution in [3.63, 3.8) is 0 Å². The first-order valence-electron chi connectivity index (χ1n) is 6.86. The molecule has 20 heavy (non-hydrogen) atoms. The Morgan fingerprint density at radius 3 is 2.50 bits per heavy atom. The Morgan fingerprint density at radius 2 is 1.90 bits per heavy atom. The molecule has 0 radical (unpaired) electrons. The lowest BCUT2D eigenvalue weighted by Crippen LogP contribution is -2.43. The third-order valence-corrected chi connectivity index (χ3v) is 6.90. The molecule has 1 aliphatic carbocycles. The molecule has 0 amide bonds. The number of rotatable bonds is 3. The fraction of sp³-hybridized carbons (Fsp3) is 0.533. The molecule has 1 aromatic rings. The summed E-state index contributed by atoms with van der Waals surface area (Å²) in [6, 6.07) is 6.87. The highest BCUT2D eigenvalue weighted by Gasteiger charge is 2.67. The van der Waals surface area contributed by atoms with Gasteiger partial charge in [0.1, 0.15) is 6.29 Å². The van der Waals surface area contributed by atoms with Crippen LogP contribution in [-0.2, 0) is 14.8 Å². The fourth-order valence-electron chi connectivity index (χ4n) is 3.29. The van der Waals surface area contributed by atoms with Gasteiger partial charge in [-0.15, -0.1) is 0 Å². The molecule has 2 aliphatic rings. The number of aryl methyl sites for hydroxylation is 1. The number of carbonyl (C=O) groups excluding carboxylic acids is 1. The first kappa shape index (κ1) is 13.8. The molecular formula is C15H19NO3S. The third kappa shape index (κ3) is 1.84. The van der Waals surface area contributed by atoms with Crippen LogP contribution in [0.5, 0.6) is 0 Å². The van der Waals surface area contributed by atoms with Gasteiger partial charge in [0, 0.05) is 18.5 Å². The summed E-state index contributed by atoms with van der Waals surface area (Å²) >= 11 is 0. The van der Waals surface area contributed by atoms with Gasteiger partial charge in [-0.2, -0.15) is 4.31 Å². The maximum absolute atomic E-state index is 12.6. The molecule has 0 aromatic heterocycles. The van der Waals surface area contributed by atoms with Crippen LogP contribution in [0, 0.1) is 17.8 Å². The molecule has 108 valence electrons. The number of carbonyl (C=O) groups is 1. The van der Waals surface area contributed by atoms with Crippen LogP contribution in [0.25, 0.3) is 0 Å². The Labute approximate surface area is 119 Å². The Hall–Kier alpha value is -1.20. The van der Waals surface area contributed by atoms with Gasteiger partial charge in [0.15, 0.2) is 0 Å². The lowest BCUT2D eigenvalue weighted by atomic mass is 9.89. The van der Waals surface area contributed by atoms with Crippen LogP contribution in [0.3, 0.4) is 0 Å². The van der Waals surface area contributed by atoms with Crippen molar-refractivity contribution in [1.82, 2.24) is 4.31 Å². The smallest absolute Gasteiger partial charge is 0.243 e. The van der Waals surface area contributed by atoms with Crippen molar-refractivity contribution < 1.29 is 13.2 Å². The maximum atomic E-state index is 12.6. The molecule has 1 aromatic carbocycles. The Morgan fingerprint density at radius 1 is 1.25 bits per heavy atom. The standard InChI is InChI=1S/C15H19NO3S/c1-12-3-5-13(6-4-12)20(18,19)16-8-7-14(2)9-15(14,10-16)11-17/h3-6,11H,7-10H2,1-2H3/t14?,15-/m1/s1. The van der Waals surface area contributed by atoms with Gasteiger partial charge in [0.05, 0.1) is 4.90 Å². The van der Waals surface area contributed by atoms with Crippen molar-refractivity contribution in [3.8, 4) is 0 Å². The maximum Gasteiger partial charge on any atom is 0.243 e. The minimum atomic E-state index is -3.49. The van der Waals surface area contributed by atoms with Gasteiger partial charge in [-0.1, -0.05) is 24.6 Å². The summed E-state index contributed by atoms with van der Waals surface area (Å²) in [7, 11) is -3.49. The summed E-state index contributed by atoms with van der Waals surface area (Å²) in [5.74, 6) is 0. The topological polar surface area (TPSA) is 54.5 Å². The Balaban J connectivity index is 1.90. The number of fused-ring (bicyclic) bond motifs is 1. The van der Waals surface area contributed by atoms with Gasteiger partial charge in [-0.3, -0.25) is 0 Å². The van der Waals surface area contributed by atoms with Gasteiger partial charge in [-0.05, 0) is 37.3 Å². The summed E-state index contributed by atoms with van der Waals surface area (Å²) in [4.78, 5) is 11.7. The molecule has 1 saturated carbocycles. The van der Waals surface area contributed by atoms with Crippen molar-refractivity contribution in [1.29, 1.82) is 0 Å². The number of nitrogens with zero attached hydrogens (tertiary/aromatic N) is 1. The van der Waals surface area contributed by atoms with Gasteiger partial charge >= 0.3 is 0 Å². The molecule has 2 atom stereocenters. The van der Waals surface area contributed by atoms with Crippen molar-refractivity contribution in [2.24, 2.45) is 10.8 Å². The summed E-state index contributed by atoms with van der Waals surface area (Å²) in [5.41, 5.74) is 0.582. The molecule has 0 spiro atoms. The second-order valence-corrected chi connectivity index (χ2v) is 8.35. The molecule has 0 bridgehead atoms. The number of piperidine rings is 1. The summed E-state index contributed by atoms with van der Waals surface area (Å²) in [6.45, 7) is 4.83. The van der Waals surface area contributed by atoms with Crippen molar-refractivity contribution in [2.45, 2.75) is 31.6 Å². The molecule has 4 nitrogen and oxygen atoms in total. The number of hydrogen-bond donors (Lipinski definition) is 0. The monoisotopic (exact) mass is 293 g/mol. The lowest BCUT2D eigenvalue weighted by molar-refractivity contribution is -0.114. The van der Waals surface area contributed by atoms with Gasteiger partial charge in [-0.25, -0.2) is 8.42 Å². The van der Waals surface area contributed by atoms with E-state index in [9.17, 15) is 13.2 Å². The van der Waals surface area contributed by atoms with Crippen LogP contribution >= 0.6 is 0 Å². The number of sulfonamides is 1. The first-order chi connectivity index (χ1) is 9.33.